The van der Waals surface area contributed by atoms with Crippen molar-refractivity contribution in [2.45, 2.75) is 0 Å². The van der Waals surface area contributed by atoms with Crippen molar-refractivity contribution in [1.29, 1.82) is 0 Å². The molecule has 0 spiro atoms. The van der Waals surface area contributed by atoms with E-state index in [2.05, 4.69) is 42.1 Å². The van der Waals surface area contributed by atoms with Crippen molar-refractivity contribution in [1.82, 2.24) is 10.2 Å². The van der Waals surface area contributed by atoms with Gasteiger partial charge in [-0.1, -0.05) is 15.9 Å². The monoisotopic (exact) mass is 289 g/mol. The number of anilines is 1. The molecule has 1 aromatic heterocycles. The summed E-state index contributed by atoms with van der Waals surface area (Å²) in [4.78, 5) is 0. The average Bonchev–Trinajstić information content (AvgIpc) is 2.33. The lowest BCUT2D eigenvalue weighted by atomic mass is 10.2. The van der Waals surface area contributed by atoms with E-state index < -0.39 is 0 Å². The zero-order chi connectivity index (χ0) is 8.72. The number of fused-ring (bicyclic) bond motifs is 1. The second-order valence-corrected chi connectivity index (χ2v) is 4.14. The molecule has 0 radical (unpaired) electrons. The van der Waals surface area contributed by atoms with Crippen molar-refractivity contribution in [3.8, 4) is 0 Å². The van der Waals surface area contributed by atoms with Crippen molar-refractivity contribution in [2.24, 2.45) is 0 Å². The number of nitrogens with one attached hydrogen (secondary N) is 1. The van der Waals surface area contributed by atoms with Gasteiger partial charge in [0.2, 0.25) is 0 Å². The van der Waals surface area contributed by atoms with Gasteiger partial charge >= 0.3 is 0 Å². The molecule has 2 rings (SSSR count). The maximum Gasteiger partial charge on any atom is 0.116 e. The third-order valence-electron chi connectivity index (χ3n) is 1.61. The number of nitrogens with zero attached hydrogens (tertiary/aromatic N) is 1. The molecule has 5 heteroatoms. The van der Waals surface area contributed by atoms with Gasteiger partial charge in [0.1, 0.15) is 10.1 Å². The number of hydrogen-bond acceptors (Lipinski definition) is 2. The van der Waals surface area contributed by atoms with E-state index in [4.69, 9.17) is 5.73 Å². The molecule has 62 valence electrons. The number of aromatic nitrogens is 2. The molecule has 1 heterocycles. The van der Waals surface area contributed by atoms with Crippen molar-refractivity contribution in [3.05, 3.63) is 21.2 Å². The van der Waals surface area contributed by atoms with Crippen molar-refractivity contribution in [3.63, 3.8) is 0 Å². The SMILES string of the molecule is Nc1cc(Br)cc2c(Br)[nH]nc12. The number of nitrogen functional groups attached to an aromatic ring is 1. The molecule has 0 aliphatic rings. The standard InChI is InChI=1S/C7H5Br2N3/c8-3-1-4-6(5(10)2-3)11-12-7(4)9/h1-2H,10H2,(H,11,12). The fourth-order valence-corrected chi connectivity index (χ4v) is 1.94. The van der Waals surface area contributed by atoms with E-state index in [1.54, 1.807) is 0 Å². The number of nitrogens with two attached hydrogens (primary N) is 1. The minimum atomic E-state index is 0.668. The summed E-state index contributed by atoms with van der Waals surface area (Å²) in [5.74, 6) is 0. The number of benzene rings is 1. The van der Waals surface area contributed by atoms with Crippen LogP contribution in [0.2, 0.25) is 0 Å². The van der Waals surface area contributed by atoms with Crippen molar-refractivity contribution in [2.75, 3.05) is 5.73 Å². The van der Waals surface area contributed by atoms with E-state index >= 15 is 0 Å². The Morgan fingerprint density at radius 3 is 2.83 bits per heavy atom. The summed E-state index contributed by atoms with van der Waals surface area (Å²) >= 11 is 6.70. The van der Waals surface area contributed by atoms with Crippen LogP contribution in [0.3, 0.4) is 0 Å². The van der Waals surface area contributed by atoms with Crippen LogP contribution in [-0.4, -0.2) is 10.2 Å². The Kier molecular flexibility index (Phi) is 1.84. The third-order valence-corrected chi connectivity index (χ3v) is 2.67. The zero-order valence-corrected chi connectivity index (χ0v) is 9.11. The van der Waals surface area contributed by atoms with Gasteiger partial charge in [0.25, 0.3) is 0 Å². The molecule has 0 aliphatic carbocycles. The van der Waals surface area contributed by atoms with Gasteiger partial charge in [-0.05, 0) is 28.1 Å². The van der Waals surface area contributed by atoms with Crippen LogP contribution >= 0.6 is 31.9 Å². The molecule has 0 saturated carbocycles. The van der Waals surface area contributed by atoms with E-state index in [-0.39, 0.29) is 0 Å². The zero-order valence-electron chi connectivity index (χ0n) is 5.94. The van der Waals surface area contributed by atoms with E-state index in [1.165, 1.54) is 0 Å². The van der Waals surface area contributed by atoms with Gasteiger partial charge in [-0.25, -0.2) is 0 Å². The molecule has 0 bridgehead atoms. The topological polar surface area (TPSA) is 54.7 Å². The number of rotatable bonds is 0. The lowest BCUT2D eigenvalue weighted by molar-refractivity contribution is 1.10. The Balaban J connectivity index is 2.92. The number of halogens is 2. The quantitative estimate of drug-likeness (QED) is 0.733. The Morgan fingerprint density at radius 2 is 2.08 bits per heavy atom. The number of hydrogen-bond donors (Lipinski definition) is 2. The summed E-state index contributed by atoms with van der Waals surface area (Å²) in [6.45, 7) is 0. The molecular formula is C7H5Br2N3. The summed E-state index contributed by atoms with van der Waals surface area (Å²) in [6.07, 6.45) is 0. The minimum absolute atomic E-state index is 0.668. The summed E-state index contributed by atoms with van der Waals surface area (Å²) in [7, 11) is 0. The first kappa shape index (κ1) is 8.07. The van der Waals surface area contributed by atoms with Crippen LogP contribution in [0.25, 0.3) is 10.9 Å². The molecule has 1 aromatic carbocycles. The lowest BCUT2D eigenvalue weighted by Crippen LogP contribution is -1.85. The first-order chi connectivity index (χ1) is 5.68. The van der Waals surface area contributed by atoms with Gasteiger partial charge < -0.3 is 5.73 Å². The predicted molar refractivity (Wildman–Crippen MR) is 55.9 cm³/mol. The van der Waals surface area contributed by atoms with Crippen molar-refractivity contribution >= 4 is 48.5 Å². The van der Waals surface area contributed by atoms with E-state index in [9.17, 15) is 0 Å². The van der Waals surface area contributed by atoms with E-state index in [0.29, 0.717) is 5.69 Å². The third kappa shape index (κ3) is 1.13. The highest BCUT2D eigenvalue weighted by molar-refractivity contribution is 9.11. The number of H-pyrrole nitrogens is 1. The largest absolute Gasteiger partial charge is 0.397 e. The molecule has 3 N–H and O–H groups in total. The van der Waals surface area contributed by atoms with Crippen molar-refractivity contribution < 1.29 is 0 Å². The van der Waals surface area contributed by atoms with Crippen LogP contribution in [0, 0.1) is 0 Å². The normalized spacial score (nSPS) is 10.8. The first-order valence-electron chi connectivity index (χ1n) is 3.27. The van der Waals surface area contributed by atoms with E-state index in [0.717, 1.165) is 20.0 Å². The van der Waals surface area contributed by atoms with Gasteiger partial charge in [0.15, 0.2) is 0 Å². The van der Waals surface area contributed by atoms with Gasteiger partial charge in [-0.3, -0.25) is 5.10 Å². The molecule has 0 fully saturated rings. The van der Waals surface area contributed by atoms with Crippen LogP contribution < -0.4 is 5.73 Å². The summed E-state index contributed by atoms with van der Waals surface area (Å²) < 4.78 is 1.81. The summed E-state index contributed by atoms with van der Waals surface area (Å²) in [5.41, 5.74) is 7.20. The average molecular weight is 291 g/mol. The van der Waals surface area contributed by atoms with Crippen LogP contribution in [-0.2, 0) is 0 Å². The Bertz CT molecular complexity index is 435. The molecule has 0 unspecified atom stereocenters. The minimum Gasteiger partial charge on any atom is -0.397 e. The summed E-state index contributed by atoms with van der Waals surface area (Å²) in [5, 5.41) is 7.84. The lowest BCUT2D eigenvalue weighted by Gasteiger charge is -1.95. The molecule has 0 aliphatic heterocycles. The van der Waals surface area contributed by atoms with Gasteiger partial charge in [-0.2, -0.15) is 5.10 Å². The van der Waals surface area contributed by atoms with Crippen LogP contribution in [0.15, 0.2) is 21.2 Å². The van der Waals surface area contributed by atoms with Gasteiger partial charge in [0.05, 0.1) is 5.69 Å². The number of aromatic amines is 1. The second kappa shape index (κ2) is 2.74. The predicted octanol–water partition coefficient (Wildman–Crippen LogP) is 2.67. The molecular weight excluding hydrogens is 286 g/mol. The maximum atomic E-state index is 5.74. The van der Waals surface area contributed by atoms with Crippen LogP contribution in [0.1, 0.15) is 0 Å². The molecule has 12 heavy (non-hydrogen) atoms. The molecule has 0 atom stereocenters. The second-order valence-electron chi connectivity index (χ2n) is 2.43. The molecule has 2 aromatic rings. The highest BCUT2D eigenvalue weighted by Gasteiger charge is 2.06. The molecule has 0 saturated heterocycles. The Hall–Kier alpha value is -0.550. The van der Waals surface area contributed by atoms with Gasteiger partial charge in [0, 0.05) is 9.86 Å². The fraction of sp³-hybridized carbons (Fsp3) is 0. The highest BCUT2D eigenvalue weighted by atomic mass is 79.9. The Labute approximate surface area is 85.6 Å². The first-order valence-corrected chi connectivity index (χ1v) is 4.85. The van der Waals surface area contributed by atoms with Crippen LogP contribution in [0.5, 0.6) is 0 Å². The fourth-order valence-electron chi connectivity index (χ4n) is 1.08. The summed E-state index contributed by atoms with van der Waals surface area (Å²) in [6, 6.07) is 3.79. The Morgan fingerprint density at radius 1 is 1.33 bits per heavy atom. The molecule has 3 nitrogen and oxygen atoms in total. The smallest absolute Gasteiger partial charge is 0.116 e. The molecule has 0 amide bonds. The maximum absolute atomic E-state index is 5.74. The highest BCUT2D eigenvalue weighted by Crippen LogP contribution is 2.28. The van der Waals surface area contributed by atoms with Gasteiger partial charge in [-0.15, -0.1) is 0 Å². The van der Waals surface area contributed by atoms with E-state index in [1.807, 2.05) is 12.1 Å². The van der Waals surface area contributed by atoms with Crippen LogP contribution in [0.4, 0.5) is 5.69 Å².